The number of hydrogen-bond acceptors (Lipinski definition) is 3. The van der Waals surface area contributed by atoms with Crippen LogP contribution in [0.5, 0.6) is 0 Å². The van der Waals surface area contributed by atoms with E-state index in [0.29, 0.717) is 19.6 Å². The van der Waals surface area contributed by atoms with Crippen LogP contribution in [0, 0.1) is 11.2 Å². The highest BCUT2D eigenvalue weighted by Gasteiger charge is 2.57. The SMILES string of the molecule is O=C(N[C@@H]1C[C@@H](O)C12CCOCC2)C1(c2cccc(F)c2)CCC1. The average Bonchev–Trinajstić information content (AvgIpc) is 2.54. The molecule has 1 aromatic carbocycles. The van der Waals surface area contributed by atoms with Crippen LogP contribution in [0.15, 0.2) is 24.3 Å². The molecular weight excluding hydrogens is 309 g/mol. The molecule has 3 aliphatic rings. The van der Waals surface area contributed by atoms with E-state index in [4.69, 9.17) is 4.74 Å². The maximum atomic E-state index is 13.6. The standard InChI is InChI=1S/C19H24FNO3/c20-14-4-1-3-13(11-14)18(5-2-6-18)17(23)21-15-12-16(22)19(15)7-9-24-10-8-19/h1,3-4,11,15-16,22H,2,5-10,12H2,(H,21,23)/t15-,16-/m1/s1. The summed E-state index contributed by atoms with van der Waals surface area (Å²) in [5.74, 6) is -0.311. The number of ether oxygens (including phenoxy) is 1. The zero-order valence-corrected chi connectivity index (χ0v) is 13.8. The summed E-state index contributed by atoms with van der Waals surface area (Å²) < 4.78 is 19.0. The summed E-state index contributed by atoms with van der Waals surface area (Å²) in [4.78, 5) is 13.0. The van der Waals surface area contributed by atoms with Gasteiger partial charge in [0.2, 0.25) is 5.91 Å². The molecule has 2 atom stereocenters. The first-order valence-corrected chi connectivity index (χ1v) is 8.90. The van der Waals surface area contributed by atoms with E-state index in [9.17, 15) is 14.3 Å². The number of hydrogen-bond donors (Lipinski definition) is 2. The molecule has 2 saturated carbocycles. The van der Waals surface area contributed by atoms with Crippen molar-refractivity contribution < 1.29 is 19.0 Å². The number of carbonyl (C=O) groups excluding carboxylic acids is 1. The van der Waals surface area contributed by atoms with E-state index in [-0.39, 0.29) is 29.3 Å². The van der Waals surface area contributed by atoms with Crippen LogP contribution in [-0.4, -0.2) is 36.4 Å². The largest absolute Gasteiger partial charge is 0.392 e. The van der Waals surface area contributed by atoms with Gasteiger partial charge in [-0.15, -0.1) is 0 Å². The Labute approximate surface area is 141 Å². The highest BCUT2D eigenvalue weighted by atomic mass is 19.1. The van der Waals surface area contributed by atoms with Crippen molar-refractivity contribution >= 4 is 5.91 Å². The molecule has 3 fully saturated rings. The van der Waals surface area contributed by atoms with Gasteiger partial charge in [0.15, 0.2) is 0 Å². The number of carbonyl (C=O) groups is 1. The van der Waals surface area contributed by atoms with Gasteiger partial charge in [-0.3, -0.25) is 4.79 Å². The Morgan fingerprint density at radius 1 is 1.25 bits per heavy atom. The molecule has 1 saturated heterocycles. The lowest BCUT2D eigenvalue weighted by Crippen LogP contribution is -2.67. The van der Waals surface area contributed by atoms with Gasteiger partial charge in [0.1, 0.15) is 5.82 Å². The third-order valence-corrected chi connectivity index (χ3v) is 6.56. The normalized spacial score (nSPS) is 30.2. The zero-order valence-electron chi connectivity index (χ0n) is 13.8. The quantitative estimate of drug-likeness (QED) is 0.892. The van der Waals surface area contributed by atoms with E-state index in [2.05, 4.69) is 5.32 Å². The summed E-state index contributed by atoms with van der Waals surface area (Å²) in [6.45, 7) is 1.27. The monoisotopic (exact) mass is 333 g/mol. The molecule has 130 valence electrons. The number of amides is 1. The number of aliphatic hydroxyl groups excluding tert-OH is 1. The van der Waals surface area contributed by atoms with Crippen molar-refractivity contribution in [3.63, 3.8) is 0 Å². The number of nitrogens with one attached hydrogen (secondary N) is 1. The van der Waals surface area contributed by atoms with Crippen molar-refractivity contribution in [3.05, 3.63) is 35.6 Å². The van der Waals surface area contributed by atoms with Crippen LogP contribution < -0.4 is 5.32 Å². The van der Waals surface area contributed by atoms with Crippen LogP contribution in [0.1, 0.15) is 44.1 Å². The molecular formula is C19H24FNO3. The van der Waals surface area contributed by atoms with Crippen molar-refractivity contribution in [1.29, 1.82) is 0 Å². The van der Waals surface area contributed by atoms with Crippen molar-refractivity contribution in [3.8, 4) is 0 Å². The van der Waals surface area contributed by atoms with Crippen LogP contribution in [0.4, 0.5) is 4.39 Å². The first kappa shape index (κ1) is 16.0. The highest BCUT2D eigenvalue weighted by Crippen LogP contribution is 2.50. The fourth-order valence-corrected chi connectivity index (χ4v) is 4.66. The van der Waals surface area contributed by atoms with E-state index in [0.717, 1.165) is 37.7 Å². The smallest absolute Gasteiger partial charge is 0.230 e. The van der Waals surface area contributed by atoms with Gasteiger partial charge in [-0.25, -0.2) is 4.39 Å². The minimum atomic E-state index is -0.602. The Morgan fingerprint density at radius 2 is 2.00 bits per heavy atom. The number of halogens is 1. The van der Waals surface area contributed by atoms with Crippen LogP contribution in [0.3, 0.4) is 0 Å². The lowest BCUT2D eigenvalue weighted by molar-refractivity contribution is -0.159. The van der Waals surface area contributed by atoms with E-state index >= 15 is 0 Å². The summed E-state index contributed by atoms with van der Waals surface area (Å²) in [5, 5.41) is 13.5. The minimum absolute atomic E-state index is 0.00469. The molecule has 0 bridgehead atoms. The topological polar surface area (TPSA) is 58.6 Å². The first-order chi connectivity index (χ1) is 11.6. The third kappa shape index (κ3) is 2.29. The molecule has 2 aliphatic carbocycles. The number of aliphatic hydroxyl groups is 1. The maximum Gasteiger partial charge on any atom is 0.230 e. The molecule has 24 heavy (non-hydrogen) atoms. The second-order valence-electron chi connectivity index (χ2n) is 7.57. The summed E-state index contributed by atoms with van der Waals surface area (Å²) in [7, 11) is 0. The van der Waals surface area contributed by atoms with E-state index in [1.165, 1.54) is 12.1 Å². The molecule has 1 aliphatic heterocycles. The Balaban J connectivity index is 1.53. The van der Waals surface area contributed by atoms with Gasteiger partial charge in [0, 0.05) is 24.7 Å². The number of rotatable bonds is 3. The van der Waals surface area contributed by atoms with Crippen molar-refractivity contribution in [1.82, 2.24) is 5.32 Å². The lowest BCUT2D eigenvalue weighted by Gasteiger charge is -2.56. The second-order valence-corrected chi connectivity index (χ2v) is 7.57. The Hall–Kier alpha value is -1.46. The molecule has 0 aromatic heterocycles. The molecule has 0 unspecified atom stereocenters. The Kier molecular flexibility index (Phi) is 3.88. The molecule has 4 nitrogen and oxygen atoms in total. The first-order valence-electron chi connectivity index (χ1n) is 8.90. The van der Waals surface area contributed by atoms with Crippen molar-refractivity contribution in [2.45, 2.75) is 56.1 Å². The zero-order chi connectivity index (χ0) is 16.8. The molecule has 1 heterocycles. The summed E-state index contributed by atoms with van der Waals surface area (Å²) in [5.41, 5.74) is -0.0670. The van der Waals surface area contributed by atoms with Gasteiger partial charge in [-0.1, -0.05) is 18.6 Å². The number of benzene rings is 1. The lowest BCUT2D eigenvalue weighted by atomic mass is 9.57. The molecule has 1 aromatic rings. The Bertz CT molecular complexity index is 637. The minimum Gasteiger partial charge on any atom is -0.392 e. The predicted molar refractivity (Wildman–Crippen MR) is 87.0 cm³/mol. The van der Waals surface area contributed by atoms with Gasteiger partial charge in [-0.2, -0.15) is 0 Å². The van der Waals surface area contributed by atoms with E-state index in [1.54, 1.807) is 6.07 Å². The summed E-state index contributed by atoms with van der Waals surface area (Å²) in [6.07, 6.45) is 4.30. The maximum absolute atomic E-state index is 13.6. The molecule has 1 spiro atoms. The Morgan fingerprint density at radius 3 is 2.58 bits per heavy atom. The summed E-state index contributed by atoms with van der Waals surface area (Å²) in [6, 6.07) is 6.41. The highest BCUT2D eigenvalue weighted by molar-refractivity contribution is 5.89. The van der Waals surface area contributed by atoms with Crippen LogP contribution in [-0.2, 0) is 14.9 Å². The predicted octanol–water partition coefficient (Wildman–Crippen LogP) is 2.29. The van der Waals surface area contributed by atoms with Crippen LogP contribution >= 0.6 is 0 Å². The van der Waals surface area contributed by atoms with Crippen molar-refractivity contribution in [2.24, 2.45) is 5.41 Å². The van der Waals surface area contributed by atoms with Crippen molar-refractivity contribution in [2.75, 3.05) is 13.2 Å². The fraction of sp³-hybridized carbons (Fsp3) is 0.632. The average molecular weight is 333 g/mol. The van der Waals surface area contributed by atoms with E-state index in [1.807, 2.05) is 6.07 Å². The molecule has 4 rings (SSSR count). The van der Waals surface area contributed by atoms with Gasteiger partial charge >= 0.3 is 0 Å². The van der Waals surface area contributed by atoms with Gasteiger partial charge in [0.25, 0.3) is 0 Å². The molecule has 1 amide bonds. The van der Waals surface area contributed by atoms with Crippen LogP contribution in [0.2, 0.25) is 0 Å². The van der Waals surface area contributed by atoms with Crippen LogP contribution in [0.25, 0.3) is 0 Å². The fourth-order valence-electron chi connectivity index (χ4n) is 4.66. The molecule has 5 heteroatoms. The van der Waals surface area contributed by atoms with Gasteiger partial charge < -0.3 is 15.2 Å². The molecule has 0 radical (unpaired) electrons. The second kappa shape index (κ2) is 5.81. The van der Waals surface area contributed by atoms with Gasteiger partial charge in [-0.05, 0) is 49.8 Å². The summed E-state index contributed by atoms with van der Waals surface area (Å²) >= 11 is 0. The van der Waals surface area contributed by atoms with Gasteiger partial charge in [0.05, 0.1) is 11.5 Å². The van der Waals surface area contributed by atoms with E-state index < -0.39 is 5.41 Å². The third-order valence-electron chi connectivity index (χ3n) is 6.56. The molecule has 2 N–H and O–H groups in total.